The Morgan fingerprint density at radius 3 is 1.86 bits per heavy atom. The summed E-state index contributed by atoms with van der Waals surface area (Å²) >= 11 is 0. The first kappa shape index (κ1) is 32.4. The maximum absolute atomic E-state index is 13.3. The van der Waals surface area contributed by atoms with Gasteiger partial charge in [-0.15, -0.1) is 0 Å². The third kappa shape index (κ3) is 6.81. The quantitative estimate of drug-likeness (QED) is 0.158. The highest BCUT2D eigenvalue weighted by molar-refractivity contribution is 5.76. The molecule has 0 radical (unpaired) electrons. The van der Waals surface area contributed by atoms with E-state index in [1.807, 2.05) is 19.1 Å². The number of rotatable bonds is 13. The molecule has 0 bridgehead atoms. The largest absolute Gasteiger partial charge is 0.497 e. The van der Waals surface area contributed by atoms with Crippen LogP contribution in [0.2, 0.25) is 0 Å². The molecule has 0 aromatic heterocycles. The minimum Gasteiger partial charge on any atom is -0.497 e. The second kappa shape index (κ2) is 14.3. The van der Waals surface area contributed by atoms with Crippen LogP contribution in [-0.4, -0.2) is 63.8 Å². The Labute approximate surface area is 255 Å². The van der Waals surface area contributed by atoms with Crippen molar-refractivity contribution in [3.63, 3.8) is 0 Å². The van der Waals surface area contributed by atoms with Gasteiger partial charge in [-0.1, -0.05) is 31.2 Å². The highest BCUT2D eigenvalue weighted by Crippen LogP contribution is 2.46. The number of benzene rings is 3. The molecule has 1 N–H and O–H groups in total. The van der Waals surface area contributed by atoms with Crippen molar-refractivity contribution in [3.8, 4) is 28.7 Å². The fourth-order valence-electron chi connectivity index (χ4n) is 5.42. The van der Waals surface area contributed by atoms with Gasteiger partial charge in [-0.3, -0.25) is 10.1 Å². The van der Waals surface area contributed by atoms with Crippen molar-refractivity contribution in [2.45, 2.75) is 44.2 Å². The van der Waals surface area contributed by atoms with E-state index in [9.17, 15) is 20.0 Å². The molecule has 0 aliphatic carbocycles. The van der Waals surface area contributed by atoms with Gasteiger partial charge in [0.05, 0.1) is 52.6 Å². The molecule has 3 aromatic rings. The molecule has 0 amide bonds. The van der Waals surface area contributed by atoms with E-state index >= 15 is 0 Å². The Morgan fingerprint density at radius 2 is 1.39 bits per heavy atom. The molecule has 0 spiro atoms. The number of carbonyl (C=O) groups excluding carboxylic acids is 1. The zero-order chi connectivity index (χ0) is 32.0. The molecule has 1 heterocycles. The lowest BCUT2D eigenvalue weighted by molar-refractivity contribution is -0.385. The van der Waals surface area contributed by atoms with Gasteiger partial charge in [-0.2, -0.15) is 0 Å². The fraction of sp³-hybridized carbons (Fsp3) is 0.406. The fourth-order valence-corrected chi connectivity index (χ4v) is 5.42. The molecule has 236 valence electrons. The molecule has 1 saturated heterocycles. The van der Waals surface area contributed by atoms with Gasteiger partial charge >= 0.3 is 11.7 Å². The van der Waals surface area contributed by atoms with Gasteiger partial charge < -0.3 is 38.3 Å². The Morgan fingerprint density at radius 1 is 0.841 bits per heavy atom. The van der Waals surface area contributed by atoms with E-state index < -0.39 is 35.3 Å². The van der Waals surface area contributed by atoms with Crippen LogP contribution in [0, 0.1) is 16.0 Å². The first-order valence-electron chi connectivity index (χ1n) is 13.9. The van der Waals surface area contributed by atoms with Gasteiger partial charge in [0.25, 0.3) is 0 Å². The molecule has 12 nitrogen and oxygen atoms in total. The van der Waals surface area contributed by atoms with Crippen LogP contribution in [0.4, 0.5) is 5.69 Å². The number of hydrogen-bond acceptors (Lipinski definition) is 11. The molecular formula is C32H37NO11. The highest BCUT2D eigenvalue weighted by atomic mass is 16.6. The van der Waals surface area contributed by atoms with Gasteiger partial charge in [0.1, 0.15) is 17.6 Å². The van der Waals surface area contributed by atoms with E-state index in [1.54, 1.807) is 50.6 Å². The topological polar surface area (TPSA) is 145 Å². The minimum atomic E-state index is -1.29. The zero-order valence-electron chi connectivity index (χ0n) is 25.5. The van der Waals surface area contributed by atoms with E-state index in [-0.39, 0.29) is 41.7 Å². The molecule has 5 atom stereocenters. The van der Waals surface area contributed by atoms with E-state index in [0.29, 0.717) is 22.6 Å². The van der Waals surface area contributed by atoms with Crippen LogP contribution < -0.4 is 23.7 Å². The predicted octanol–water partition coefficient (Wildman–Crippen LogP) is 4.99. The number of aliphatic hydroxyl groups is 1. The predicted molar refractivity (Wildman–Crippen MR) is 159 cm³/mol. The van der Waals surface area contributed by atoms with Crippen LogP contribution in [0.3, 0.4) is 0 Å². The number of ether oxygens (including phenoxy) is 7. The van der Waals surface area contributed by atoms with Crippen LogP contribution in [-0.2, 0) is 20.7 Å². The first-order valence-corrected chi connectivity index (χ1v) is 13.9. The Bertz CT molecular complexity index is 1440. The van der Waals surface area contributed by atoms with Crippen LogP contribution in [0.5, 0.6) is 28.7 Å². The number of aliphatic hydroxyl groups excluding tert-OH is 1. The van der Waals surface area contributed by atoms with Crippen LogP contribution in [0.25, 0.3) is 0 Å². The molecule has 4 rings (SSSR count). The summed E-state index contributed by atoms with van der Waals surface area (Å²) in [5.41, 5.74) is 1.55. The molecule has 1 aliphatic rings. The Kier molecular flexibility index (Phi) is 10.5. The molecule has 3 aromatic carbocycles. The summed E-state index contributed by atoms with van der Waals surface area (Å²) in [6.45, 7) is 1.84. The summed E-state index contributed by atoms with van der Waals surface area (Å²) in [7, 11) is 7.28. The van der Waals surface area contributed by atoms with Crippen molar-refractivity contribution in [1.82, 2.24) is 0 Å². The second-order valence-corrected chi connectivity index (χ2v) is 10.4. The average molecular weight is 612 g/mol. The van der Waals surface area contributed by atoms with Crippen molar-refractivity contribution < 1.29 is 48.0 Å². The summed E-state index contributed by atoms with van der Waals surface area (Å²) in [6, 6.07) is 15.6. The smallest absolute Gasteiger partial charge is 0.338 e. The zero-order valence-corrected chi connectivity index (χ0v) is 25.5. The lowest BCUT2D eigenvalue weighted by atomic mass is 9.91. The number of carbonyl (C=O) groups is 1. The molecule has 0 saturated carbocycles. The summed E-state index contributed by atoms with van der Waals surface area (Å²) in [5, 5.41) is 23.1. The number of methoxy groups -OCH3 is 5. The van der Waals surface area contributed by atoms with E-state index in [2.05, 4.69) is 0 Å². The Balaban J connectivity index is 1.59. The summed E-state index contributed by atoms with van der Waals surface area (Å²) < 4.78 is 39.1. The van der Waals surface area contributed by atoms with Crippen molar-refractivity contribution in [2.75, 3.05) is 35.5 Å². The standard InChI is InChI=1S/C32H37NO11/c1-18(15-23-29(41-5)24(33(36)37)17-26(40-4)30(23)42-6)16-25(34)31-32(35)44-28(20-9-13-22(39-3)14-10-20)27(43-31)19-7-11-21(38-2)12-8-19/h7-14,17-18,25,27-28,31,34H,15-16H2,1-6H3/t18-,25+,27+,28+,31+/m1/s1. The SMILES string of the molecule is COc1ccc([C@@H]2OC(=O)[C@H]([C@@H](O)C[C@H](C)Cc3c(OC)c(OC)cc([N+](=O)[O-])c3OC)O[C@H]2c2ccc(OC)cc2)cc1. The Hall–Kier alpha value is -4.55. The van der Waals surface area contributed by atoms with Gasteiger partial charge in [0.2, 0.25) is 5.75 Å². The molecule has 0 unspecified atom stereocenters. The number of hydrogen-bond donors (Lipinski definition) is 1. The van der Waals surface area contributed by atoms with Crippen molar-refractivity contribution in [3.05, 3.63) is 81.4 Å². The number of cyclic esters (lactones) is 1. The summed E-state index contributed by atoms with van der Waals surface area (Å²) in [5.74, 6) is 0.771. The average Bonchev–Trinajstić information content (AvgIpc) is 3.03. The molecule has 44 heavy (non-hydrogen) atoms. The normalized spacial score (nSPS) is 19.3. The highest BCUT2D eigenvalue weighted by Gasteiger charge is 2.44. The minimum absolute atomic E-state index is 0.0317. The van der Waals surface area contributed by atoms with Crippen LogP contribution >= 0.6 is 0 Å². The summed E-state index contributed by atoms with van der Waals surface area (Å²) in [6.07, 6.45) is -3.76. The lowest BCUT2D eigenvalue weighted by Crippen LogP contribution is -2.45. The van der Waals surface area contributed by atoms with Gasteiger partial charge in [-0.25, -0.2) is 4.79 Å². The van der Waals surface area contributed by atoms with E-state index in [1.165, 1.54) is 27.4 Å². The van der Waals surface area contributed by atoms with Gasteiger partial charge in [0, 0.05) is 5.56 Å². The van der Waals surface area contributed by atoms with Gasteiger partial charge in [-0.05, 0) is 54.2 Å². The van der Waals surface area contributed by atoms with E-state index in [0.717, 1.165) is 5.56 Å². The van der Waals surface area contributed by atoms with Gasteiger partial charge in [0.15, 0.2) is 23.7 Å². The third-order valence-corrected chi connectivity index (χ3v) is 7.58. The van der Waals surface area contributed by atoms with Crippen molar-refractivity contribution >= 4 is 11.7 Å². The molecule has 1 aliphatic heterocycles. The monoisotopic (exact) mass is 611 g/mol. The number of nitro benzene ring substituents is 1. The second-order valence-electron chi connectivity index (χ2n) is 10.4. The van der Waals surface area contributed by atoms with Crippen LogP contribution in [0.1, 0.15) is 42.2 Å². The van der Waals surface area contributed by atoms with Crippen LogP contribution in [0.15, 0.2) is 54.6 Å². The molecular weight excluding hydrogens is 574 g/mol. The first-order chi connectivity index (χ1) is 21.1. The third-order valence-electron chi connectivity index (χ3n) is 7.58. The lowest BCUT2D eigenvalue weighted by Gasteiger charge is -2.38. The number of nitrogens with zero attached hydrogens (tertiary/aromatic N) is 1. The summed E-state index contributed by atoms with van der Waals surface area (Å²) in [4.78, 5) is 24.5. The molecule has 1 fully saturated rings. The maximum atomic E-state index is 13.3. The number of esters is 1. The maximum Gasteiger partial charge on any atom is 0.338 e. The van der Waals surface area contributed by atoms with E-state index in [4.69, 9.17) is 33.2 Å². The van der Waals surface area contributed by atoms with Crippen molar-refractivity contribution in [1.29, 1.82) is 0 Å². The van der Waals surface area contributed by atoms with Crippen molar-refractivity contribution in [2.24, 2.45) is 5.92 Å². The number of nitro groups is 1. The molecule has 12 heteroatoms.